The van der Waals surface area contributed by atoms with E-state index in [1.807, 2.05) is 0 Å². The third-order valence-electron chi connectivity index (χ3n) is 0.884. The molecule has 0 aromatic heterocycles. The molecular formula is C9H18O4. The van der Waals surface area contributed by atoms with Crippen LogP contribution in [-0.4, -0.2) is 38.5 Å². The van der Waals surface area contributed by atoms with Gasteiger partial charge < -0.3 is 14.6 Å². The summed E-state index contributed by atoms with van der Waals surface area (Å²) in [5, 5.41) is 8.30. The molecule has 4 heteroatoms. The van der Waals surface area contributed by atoms with E-state index in [4.69, 9.17) is 5.11 Å². The number of carbonyl (C=O) groups excluding carboxylic acids is 1. The summed E-state index contributed by atoms with van der Waals surface area (Å²) in [7, 11) is 3.25. The fraction of sp³-hybridized carbons (Fsp3) is 0.667. The van der Waals surface area contributed by atoms with Crippen molar-refractivity contribution >= 4 is 5.97 Å². The van der Waals surface area contributed by atoms with Gasteiger partial charge in [0.05, 0.1) is 6.61 Å². The lowest BCUT2D eigenvalue weighted by Gasteiger charge is -2.00. The van der Waals surface area contributed by atoms with E-state index in [1.54, 1.807) is 21.1 Å². The summed E-state index contributed by atoms with van der Waals surface area (Å²) < 4.78 is 8.90. The van der Waals surface area contributed by atoms with Crippen LogP contribution in [0, 0.1) is 0 Å². The molecular weight excluding hydrogens is 172 g/mol. The van der Waals surface area contributed by atoms with Gasteiger partial charge in [0.15, 0.2) is 0 Å². The summed E-state index contributed by atoms with van der Waals surface area (Å²) in [6.07, 6.45) is 0.485. The van der Waals surface area contributed by atoms with Gasteiger partial charge in [-0.2, -0.15) is 0 Å². The van der Waals surface area contributed by atoms with E-state index in [0.717, 1.165) is 0 Å². The smallest absolute Gasteiger partial charge is 0.333 e. The molecule has 0 heterocycles. The number of methoxy groups -OCH3 is 1. The predicted octanol–water partition coefficient (Wildman–Crippen LogP) is 0.751. The van der Waals surface area contributed by atoms with Crippen molar-refractivity contribution in [3.05, 3.63) is 12.2 Å². The summed E-state index contributed by atoms with van der Waals surface area (Å²) in [6, 6.07) is 0. The van der Waals surface area contributed by atoms with Crippen molar-refractivity contribution in [3.8, 4) is 0 Å². The van der Waals surface area contributed by atoms with Crippen LogP contribution in [0.1, 0.15) is 13.3 Å². The van der Waals surface area contributed by atoms with Gasteiger partial charge in [-0.25, -0.2) is 4.79 Å². The molecule has 0 aliphatic heterocycles. The van der Waals surface area contributed by atoms with Crippen LogP contribution in [0.2, 0.25) is 0 Å². The number of rotatable bonds is 4. The van der Waals surface area contributed by atoms with Crippen molar-refractivity contribution in [2.45, 2.75) is 13.3 Å². The molecule has 0 rings (SSSR count). The van der Waals surface area contributed by atoms with E-state index in [2.05, 4.69) is 16.1 Å². The second kappa shape index (κ2) is 11.1. The first kappa shape index (κ1) is 14.6. The Morgan fingerprint density at radius 1 is 1.46 bits per heavy atom. The Bertz CT molecular complexity index is 143. The molecule has 0 fully saturated rings. The van der Waals surface area contributed by atoms with Gasteiger partial charge in [0.25, 0.3) is 0 Å². The average Bonchev–Trinajstić information content (AvgIpc) is 2.06. The molecule has 78 valence electrons. The van der Waals surface area contributed by atoms with E-state index in [0.29, 0.717) is 12.0 Å². The van der Waals surface area contributed by atoms with E-state index in [1.165, 1.54) is 0 Å². The number of esters is 1. The minimum atomic E-state index is -0.395. The maximum atomic E-state index is 10.6. The molecule has 4 nitrogen and oxygen atoms in total. The summed E-state index contributed by atoms with van der Waals surface area (Å²) >= 11 is 0. The van der Waals surface area contributed by atoms with Crippen molar-refractivity contribution in [1.82, 2.24) is 0 Å². The number of aliphatic hydroxyl groups is 1. The van der Waals surface area contributed by atoms with Gasteiger partial charge in [0, 0.05) is 32.8 Å². The number of hydrogen-bond acceptors (Lipinski definition) is 4. The van der Waals surface area contributed by atoms with Crippen LogP contribution < -0.4 is 0 Å². The van der Waals surface area contributed by atoms with E-state index in [-0.39, 0.29) is 13.2 Å². The molecule has 0 atom stereocenters. The first-order chi connectivity index (χ1) is 6.09. The SMILES string of the molecule is C=C(C)C(=O)OCCCO.COC. The highest BCUT2D eigenvalue weighted by molar-refractivity contribution is 5.86. The maximum Gasteiger partial charge on any atom is 0.333 e. The van der Waals surface area contributed by atoms with Gasteiger partial charge in [-0.05, 0) is 6.92 Å². The van der Waals surface area contributed by atoms with E-state index >= 15 is 0 Å². The minimum Gasteiger partial charge on any atom is -0.462 e. The van der Waals surface area contributed by atoms with Crippen LogP contribution in [-0.2, 0) is 14.3 Å². The molecule has 0 aromatic rings. The molecule has 0 radical (unpaired) electrons. The minimum absolute atomic E-state index is 0.0451. The summed E-state index contributed by atoms with van der Waals surface area (Å²) in [6.45, 7) is 5.29. The molecule has 0 bridgehead atoms. The monoisotopic (exact) mass is 190 g/mol. The van der Waals surface area contributed by atoms with Crippen LogP contribution in [0.15, 0.2) is 12.2 Å². The topological polar surface area (TPSA) is 55.8 Å². The third-order valence-corrected chi connectivity index (χ3v) is 0.884. The van der Waals surface area contributed by atoms with Gasteiger partial charge >= 0.3 is 5.97 Å². The van der Waals surface area contributed by atoms with Gasteiger partial charge in [0.2, 0.25) is 0 Å². The Balaban J connectivity index is 0. The van der Waals surface area contributed by atoms with Crippen LogP contribution in [0.5, 0.6) is 0 Å². The van der Waals surface area contributed by atoms with Crippen molar-refractivity contribution in [2.75, 3.05) is 27.4 Å². The largest absolute Gasteiger partial charge is 0.462 e. The lowest BCUT2D eigenvalue weighted by atomic mass is 10.4. The highest BCUT2D eigenvalue weighted by atomic mass is 16.5. The molecule has 0 aliphatic rings. The van der Waals surface area contributed by atoms with Crippen LogP contribution >= 0.6 is 0 Å². The van der Waals surface area contributed by atoms with E-state index < -0.39 is 5.97 Å². The number of ether oxygens (including phenoxy) is 2. The zero-order valence-electron chi connectivity index (χ0n) is 8.50. The lowest BCUT2D eigenvalue weighted by Crippen LogP contribution is -2.06. The van der Waals surface area contributed by atoms with Gasteiger partial charge in [-0.15, -0.1) is 0 Å². The summed E-state index contributed by atoms with van der Waals surface area (Å²) in [5.41, 5.74) is 0.387. The molecule has 13 heavy (non-hydrogen) atoms. The van der Waals surface area contributed by atoms with Crippen LogP contribution in [0.25, 0.3) is 0 Å². The Morgan fingerprint density at radius 3 is 2.23 bits per heavy atom. The highest BCUT2D eigenvalue weighted by Gasteiger charge is 2.00. The highest BCUT2D eigenvalue weighted by Crippen LogP contribution is 1.92. The maximum absolute atomic E-state index is 10.6. The van der Waals surface area contributed by atoms with Crippen molar-refractivity contribution in [1.29, 1.82) is 0 Å². The van der Waals surface area contributed by atoms with Crippen LogP contribution in [0.4, 0.5) is 0 Å². The predicted molar refractivity (Wildman–Crippen MR) is 50.4 cm³/mol. The first-order valence-corrected chi connectivity index (χ1v) is 3.93. The molecule has 0 unspecified atom stereocenters. The van der Waals surface area contributed by atoms with Crippen molar-refractivity contribution in [2.24, 2.45) is 0 Å². The molecule has 0 saturated carbocycles. The van der Waals surface area contributed by atoms with Crippen LogP contribution in [0.3, 0.4) is 0 Å². The molecule has 0 aromatic carbocycles. The van der Waals surface area contributed by atoms with Crippen molar-refractivity contribution < 1.29 is 19.4 Å². The number of carbonyl (C=O) groups is 1. The van der Waals surface area contributed by atoms with Gasteiger partial charge in [0.1, 0.15) is 0 Å². The second-order valence-corrected chi connectivity index (χ2v) is 2.40. The van der Waals surface area contributed by atoms with Crippen molar-refractivity contribution in [3.63, 3.8) is 0 Å². The second-order valence-electron chi connectivity index (χ2n) is 2.40. The zero-order chi connectivity index (χ0) is 10.7. The zero-order valence-corrected chi connectivity index (χ0v) is 8.50. The number of hydrogen-bond donors (Lipinski definition) is 1. The Hall–Kier alpha value is -0.870. The van der Waals surface area contributed by atoms with Gasteiger partial charge in [-0.3, -0.25) is 0 Å². The van der Waals surface area contributed by atoms with Gasteiger partial charge in [-0.1, -0.05) is 6.58 Å². The Kier molecular flexibility index (Phi) is 12.5. The molecule has 1 N–H and O–H groups in total. The Labute approximate surface area is 79.2 Å². The molecule has 0 amide bonds. The number of aliphatic hydroxyl groups excluding tert-OH is 1. The first-order valence-electron chi connectivity index (χ1n) is 3.93. The normalized spacial score (nSPS) is 8.31. The van der Waals surface area contributed by atoms with E-state index in [9.17, 15) is 4.79 Å². The molecule has 0 aliphatic carbocycles. The lowest BCUT2D eigenvalue weighted by molar-refractivity contribution is -0.139. The Morgan fingerprint density at radius 2 is 1.92 bits per heavy atom. The average molecular weight is 190 g/mol. The fourth-order valence-electron chi connectivity index (χ4n) is 0.353. The molecule has 0 saturated heterocycles. The fourth-order valence-corrected chi connectivity index (χ4v) is 0.353. The third kappa shape index (κ3) is 14.0. The summed E-state index contributed by atoms with van der Waals surface area (Å²) in [5.74, 6) is -0.395. The quantitative estimate of drug-likeness (QED) is 0.404. The summed E-state index contributed by atoms with van der Waals surface area (Å²) in [4.78, 5) is 10.6. The standard InChI is InChI=1S/C7H12O3.C2H6O/c1-6(2)7(9)10-5-3-4-8;1-3-2/h8H,1,3-5H2,2H3;1-2H3. The molecule has 0 spiro atoms.